The second-order valence-electron chi connectivity index (χ2n) is 6.63. The summed E-state index contributed by atoms with van der Waals surface area (Å²) >= 11 is 0. The van der Waals surface area contributed by atoms with Gasteiger partial charge < -0.3 is 9.80 Å². The summed E-state index contributed by atoms with van der Waals surface area (Å²) in [5.41, 5.74) is 0.169. The SMILES string of the molecule is CN(CC1CCCN1c1cccnn1)c1ccc(S(C)(=O)=O)cc1[N+](=O)[O-]. The fourth-order valence-electron chi connectivity index (χ4n) is 3.39. The topological polar surface area (TPSA) is 110 Å². The monoisotopic (exact) mass is 391 g/mol. The molecule has 144 valence electrons. The van der Waals surface area contributed by atoms with Gasteiger partial charge in [-0.25, -0.2) is 8.42 Å². The number of benzene rings is 1. The number of sulfone groups is 1. The maximum atomic E-state index is 11.7. The Morgan fingerprint density at radius 2 is 2.15 bits per heavy atom. The molecular weight excluding hydrogens is 370 g/mol. The van der Waals surface area contributed by atoms with Crippen LogP contribution in [0.3, 0.4) is 0 Å². The lowest BCUT2D eigenvalue weighted by Crippen LogP contribution is -2.39. The summed E-state index contributed by atoms with van der Waals surface area (Å²) in [6.07, 6.45) is 4.60. The predicted molar refractivity (Wildman–Crippen MR) is 102 cm³/mol. The van der Waals surface area contributed by atoms with Crippen LogP contribution >= 0.6 is 0 Å². The number of nitro groups is 1. The fraction of sp³-hybridized carbons (Fsp3) is 0.412. The van der Waals surface area contributed by atoms with Crippen LogP contribution in [0.2, 0.25) is 0 Å². The molecule has 1 unspecified atom stereocenters. The molecule has 1 aliphatic heterocycles. The van der Waals surface area contributed by atoms with Crippen LogP contribution in [0, 0.1) is 10.1 Å². The van der Waals surface area contributed by atoms with Gasteiger partial charge in [0.05, 0.1) is 9.82 Å². The first-order valence-electron chi connectivity index (χ1n) is 8.51. The van der Waals surface area contributed by atoms with Gasteiger partial charge in [0.2, 0.25) is 0 Å². The number of rotatable bonds is 6. The van der Waals surface area contributed by atoms with Gasteiger partial charge in [0.1, 0.15) is 5.69 Å². The third-order valence-corrected chi connectivity index (χ3v) is 5.81. The summed E-state index contributed by atoms with van der Waals surface area (Å²) in [5, 5.41) is 19.6. The zero-order chi connectivity index (χ0) is 19.6. The van der Waals surface area contributed by atoms with Crippen molar-refractivity contribution < 1.29 is 13.3 Å². The van der Waals surface area contributed by atoms with E-state index in [0.29, 0.717) is 12.2 Å². The van der Waals surface area contributed by atoms with Gasteiger partial charge in [0.15, 0.2) is 15.7 Å². The highest BCUT2D eigenvalue weighted by Gasteiger charge is 2.29. The smallest absolute Gasteiger partial charge is 0.293 e. The summed E-state index contributed by atoms with van der Waals surface area (Å²) in [4.78, 5) is 14.8. The van der Waals surface area contributed by atoms with Gasteiger partial charge in [-0.3, -0.25) is 10.1 Å². The molecule has 0 aliphatic carbocycles. The molecule has 0 bridgehead atoms. The number of likely N-dealkylation sites (N-methyl/N-ethyl adjacent to an activating group) is 1. The fourth-order valence-corrected chi connectivity index (χ4v) is 4.03. The van der Waals surface area contributed by atoms with Gasteiger partial charge in [-0.2, -0.15) is 5.10 Å². The summed E-state index contributed by atoms with van der Waals surface area (Å²) in [6, 6.07) is 7.89. The first-order valence-corrected chi connectivity index (χ1v) is 10.4. The first kappa shape index (κ1) is 19.0. The van der Waals surface area contributed by atoms with Crippen molar-refractivity contribution in [2.24, 2.45) is 0 Å². The summed E-state index contributed by atoms with van der Waals surface area (Å²) in [7, 11) is -1.74. The van der Waals surface area contributed by atoms with Gasteiger partial charge in [-0.05, 0) is 37.1 Å². The molecular formula is C17H21N5O4S. The normalized spacial score (nSPS) is 17.1. The van der Waals surface area contributed by atoms with Gasteiger partial charge in [-0.1, -0.05) is 0 Å². The molecule has 2 aromatic rings. The molecule has 27 heavy (non-hydrogen) atoms. The molecule has 2 heterocycles. The van der Waals surface area contributed by atoms with Crippen molar-refractivity contribution >= 4 is 27.0 Å². The van der Waals surface area contributed by atoms with Crippen LogP contribution in [0.4, 0.5) is 17.2 Å². The van der Waals surface area contributed by atoms with E-state index >= 15 is 0 Å². The van der Waals surface area contributed by atoms with E-state index in [9.17, 15) is 18.5 Å². The van der Waals surface area contributed by atoms with Gasteiger partial charge in [0.25, 0.3) is 5.69 Å². The second-order valence-corrected chi connectivity index (χ2v) is 8.65. The van der Waals surface area contributed by atoms with Crippen LogP contribution in [0.5, 0.6) is 0 Å². The largest absolute Gasteiger partial charge is 0.367 e. The van der Waals surface area contributed by atoms with Crippen LogP contribution in [0.15, 0.2) is 41.4 Å². The number of hydrogen-bond donors (Lipinski definition) is 0. The average Bonchev–Trinajstić information content (AvgIpc) is 3.09. The van der Waals surface area contributed by atoms with Gasteiger partial charge in [-0.15, -0.1) is 5.10 Å². The molecule has 1 aromatic heterocycles. The third-order valence-electron chi connectivity index (χ3n) is 4.70. The van der Waals surface area contributed by atoms with E-state index < -0.39 is 14.8 Å². The van der Waals surface area contributed by atoms with E-state index in [2.05, 4.69) is 15.1 Å². The van der Waals surface area contributed by atoms with Crippen molar-refractivity contribution in [3.05, 3.63) is 46.6 Å². The molecule has 0 N–H and O–H groups in total. The van der Waals surface area contributed by atoms with Gasteiger partial charge in [0, 0.05) is 44.7 Å². The molecule has 0 spiro atoms. The second kappa shape index (κ2) is 7.47. The van der Waals surface area contributed by atoms with Crippen LogP contribution in [-0.4, -0.2) is 56.0 Å². The highest BCUT2D eigenvalue weighted by Crippen LogP contribution is 2.32. The van der Waals surface area contributed by atoms with E-state index in [4.69, 9.17) is 0 Å². The highest BCUT2D eigenvalue weighted by molar-refractivity contribution is 7.90. The quantitative estimate of drug-likeness (QED) is 0.542. The lowest BCUT2D eigenvalue weighted by molar-refractivity contribution is -0.384. The minimum atomic E-state index is -3.51. The van der Waals surface area contributed by atoms with Crippen molar-refractivity contribution in [2.45, 2.75) is 23.8 Å². The summed E-state index contributed by atoms with van der Waals surface area (Å²) in [6.45, 7) is 1.40. The first-order chi connectivity index (χ1) is 12.8. The zero-order valence-electron chi connectivity index (χ0n) is 15.1. The Balaban J connectivity index is 1.85. The number of hydrogen-bond acceptors (Lipinski definition) is 8. The van der Waals surface area contributed by atoms with E-state index in [1.807, 2.05) is 12.1 Å². The molecule has 1 atom stereocenters. The maximum absolute atomic E-state index is 11.7. The maximum Gasteiger partial charge on any atom is 0.293 e. The number of anilines is 2. The molecule has 9 nitrogen and oxygen atoms in total. The van der Waals surface area contributed by atoms with Crippen LogP contribution in [0.25, 0.3) is 0 Å². The minimum absolute atomic E-state index is 0.0617. The van der Waals surface area contributed by atoms with Crippen molar-refractivity contribution in [2.75, 3.05) is 36.2 Å². The zero-order valence-corrected chi connectivity index (χ0v) is 16.0. The lowest BCUT2D eigenvalue weighted by atomic mass is 10.2. The molecule has 1 saturated heterocycles. The molecule has 1 fully saturated rings. The van der Waals surface area contributed by atoms with E-state index in [-0.39, 0.29) is 16.6 Å². The average molecular weight is 391 g/mol. The Morgan fingerprint density at radius 3 is 2.78 bits per heavy atom. The van der Waals surface area contributed by atoms with Crippen molar-refractivity contribution in [3.8, 4) is 0 Å². The Labute approximate surface area is 157 Å². The number of aromatic nitrogens is 2. The molecule has 1 aromatic carbocycles. The molecule has 3 rings (SSSR count). The summed E-state index contributed by atoms with van der Waals surface area (Å²) < 4.78 is 23.4. The molecule has 0 amide bonds. The molecule has 1 aliphatic rings. The number of nitrogens with zero attached hydrogens (tertiary/aromatic N) is 5. The number of nitro benzene ring substituents is 1. The minimum Gasteiger partial charge on any atom is -0.367 e. The standard InChI is InChI=1S/C17H21N5O4S/c1-20(12-13-5-4-10-21(13)17-6-3-9-18-19-17)15-8-7-14(27(2,25)26)11-16(15)22(23)24/h3,6-9,11,13H,4-5,10,12H2,1-2H3. The van der Waals surface area contributed by atoms with Crippen molar-refractivity contribution in [1.82, 2.24) is 10.2 Å². The van der Waals surface area contributed by atoms with Crippen LogP contribution < -0.4 is 9.80 Å². The summed E-state index contributed by atoms with van der Waals surface area (Å²) in [5.74, 6) is 0.787. The van der Waals surface area contributed by atoms with Crippen LogP contribution in [-0.2, 0) is 9.84 Å². The van der Waals surface area contributed by atoms with E-state index in [1.54, 1.807) is 18.1 Å². The Kier molecular flexibility index (Phi) is 5.26. The molecule has 0 radical (unpaired) electrons. The van der Waals surface area contributed by atoms with Gasteiger partial charge >= 0.3 is 0 Å². The van der Waals surface area contributed by atoms with Crippen molar-refractivity contribution in [3.63, 3.8) is 0 Å². The van der Waals surface area contributed by atoms with E-state index in [1.165, 1.54) is 12.1 Å². The third kappa shape index (κ3) is 4.16. The Morgan fingerprint density at radius 1 is 1.37 bits per heavy atom. The van der Waals surface area contributed by atoms with E-state index in [0.717, 1.165) is 37.5 Å². The predicted octanol–water partition coefficient (Wildman–Crippen LogP) is 1.89. The molecule has 10 heteroatoms. The van der Waals surface area contributed by atoms with Crippen LogP contribution in [0.1, 0.15) is 12.8 Å². The Hall–Kier alpha value is -2.75. The van der Waals surface area contributed by atoms with Crippen molar-refractivity contribution in [1.29, 1.82) is 0 Å². The highest BCUT2D eigenvalue weighted by atomic mass is 32.2. The Bertz CT molecular complexity index is 936. The lowest BCUT2D eigenvalue weighted by Gasteiger charge is -2.30. The molecule has 0 saturated carbocycles.